The molecule has 8 heteroatoms. The van der Waals surface area contributed by atoms with E-state index in [0.717, 1.165) is 27.8 Å². The lowest BCUT2D eigenvalue weighted by atomic mass is 10.1. The fourth-order valence-electron chi connectivity index (χ4n) is 3.25. The van der Waals surface area contributed by atoms with Gasteiger partial charge in [-0.05, 0) is 52.0 Å². The minimum absolute atomic E-state index is 0.0643. The summed E-state index contributed by atoms with van der Waals surface area (Å²) in [6, 6.07) is 15.3. The van der Waals surface area contributed by atoms with Gasteiger partial charge in [0.05, 0.1) is 11.7 Å². The number of rotatable bonds is 6. The summed E-state index contributed by atoms with van der Waals surface area (Å²) >= 11 is 0. The van der Waals surface area contributed by atoms with Crippen LogP contribution in [0.15, 0.2) is 54.7 Å². The Balaban J connectivity index is 1.64. The fraction of sp³-hybridized carbons (Fsp3) is 0.250. The summed E-state index contributed by atoms with van der Waals surface area (Å²) in [5.41, 5.74) is 2.41. The summed E-state index contributed by atoms with van der Waals surface area (Å²) in [7, 11) is 0. The van der Waals surface area contributed by atoms with E-state index in [4.69, 9.17) is 14.7 Å². The molecule has 0 unspecified atom stereocenters. The number of nitrogens with one attached hydrogen (secondary N) is 3. The van der Waals surface area contributed by atoms with Gasteiger partial charge in [-0.15, -0.1) is 0 Å². The first-order chi connectivity index (χ1) is 15.3. The van der Waals surface area contributed by atoms with Gasteiger partial charge in [0.2, 0.25) is 0 Å². The number of H-pyrrole nitrogens is 1. The lowest BCUT2D eigenvalue weighted by molar-refractivity contribution is -0.124. The van der Waals surface area contributed by atoms with Crippen LogP contribution in [0, 0.1) is 6.92 Å². The largest absolute Gasteiger partial charge is 0.484 e. The fourth-order valence-corrected chi connectivity index (χ4v) is 3.25. The number of hydrogen-bond acceptors (Lipinski definition) is 6. The van der Waals surface area contributed by atoms with Crippen LogP contribution in [0.3, 0.4) is 0 Å². The summed E-state index contributed by atoms with van der Waals surface area (Å²) in [5.74, 6) is 2.36. The lowest BCUT2D eigenvalue weighted by Crippen LogP contribution is -2.43. The van der Waals surface area contributed by atoms with Crippen LogP contribution in [0.5, 0.6) is 5.75 Å². The topological polar surface area (TPSA) is 105 Å². The van der Waals surface area contributed by atoms with E-state index in [1.165, 1.54) is 0 Å². The Kier molecular flexibility index (Phi) is 5.77. The molecule has 1 amide bonds. The van der Waals surface area contributed by atoms with E-state index in [-0.39, 0.29) is 18.1 Å². The molecule has 2 aromatic carbocycles. The third-order valence-corrected chi connectivity index (χ3v) is 4.58. The number of carbonyl (C=O) groups is 1. The molecule has 0 spiro atoms. The molecule has 0 fully saturated rings. The van der Waals surface area contributed by atoms with E-state index in [0.29, 0.717) is 17.4 Å². The van der Waals surface area contributed by atoms with Crippen LogP contribution in [0.25, 0.3) is 22.3 Å². The molecule has 0 atom stereocenters. The Hall–Kier alpha value is -3.94. The van der Waals surface area contributed by atoms with Gasteiger partial charge in [0, 0.05) is 22.6 Å². The lowest BCUT2D eigenvalue weighted by Gasteiger charge is -2.20. The van der Waals surface area contributed by atoms with Gasteiger partial charge in [-0.3, -0.25) is 9.89 Å². The average Bonchev–Trinajstić information content (AvgIpc) is 3.24. The molecule has 0 aliphatic carbocycles. The highest BCUT2D eigenvalue weighted by Crippen LogP contribution is 2.29. The maximum atomic E-state index is 12.1. The van der Waals surface area contributed by atoms with Gasteiger partial charge in [0.25, 0.3) is 5.91 Å². The smallest absolute Gasteiger partial charge is 0.258 e. The summed E-state index contributed by atoms with van der Waals surface area (Å²) in [5, 5.41) is 14.0. The summed E-state index contributed by atoms with van der Waals surface area (Å²) in [6.45, 7) is 7.76. The second-order valence-corrected chi connectivity index (χ2v) is 8.63. The van der Waals surface area contributed by atoms with E-state index in [1.807, 2.05) is 76.2 Å². The second-order valence-electron chi connectivity index (χ2n) is 8.63. The van der Waals surface area contributed by atoms with Crippen LogP contribution in [0.4, 0.5) is 11.6 Å². The molecule has 0 aliphatic heterocycles. The molecule has 0 radical (unpaired) electrons. The van der Waals surface area contributed by atoms with Crippen LogP contribution in [-0.4, -0.2) is 38.2 Å². The molecule has 2 aromatic heterocycles. The quantitative estimate of drug-likeness (QED) is 0.420. The van der Waals surface area contributed by atoms with Gasteiger partial charge >= 0.3 is 0 Å². The number of benzene rings is 2. The van der Waals surface area contributed by atoms with Crippen molar-refractivity contribution in [2.24, 2.45) is 0 Å². The highest BCUT2D eigenvalue weighted by Gasteiger charge is 2.15. The molecular weight excluding hydrogens is 404 g/mol. The number of hydrogen-bond donors (Lipinski definition) is 3. The van der Waals surface area contributed by atoms with Gasteiger partial charge in [-0.1, -0.05) is 23.8 Å². The minimum Gasteiger partial charge on any atom is -0.484 e. The van der Waals surface area contributed by atoms with Gasteiger partial charge < -0.3 is 15.4 Å². The Morgan fingerprint density at radius 3 is 2.69 bits per heavy atom. The van der Waals surface area contributed by atoms with Crippen molar-refractivity contribution in [3.05, 3.63) is 60.3 Å². The van der Waals surface area contributed by atoms with Gasteiger partial charge in [0.15, 0.2) is 12.4 Å². The van der Waals surface area contributed by atoms with Crippen molar-refractivity contribution in [2.75, 3.05) is 11.9 Å². The number of aromatic amines is 1. The van der Waals surface area contributed by atoms with E-state index >= 15 is 0 Å². The zero-order valence-electron chi connectivity index (χ0n) is 18.6. The van der Waals surface area contributed by atoms with Gasteiger partial charge in [-0.2, -0.15) is 5.10 Å². The minimum atomic E-state index is -0.308. The summed E-state index contributed by atoms with van der Waals surface area (Å²) in [4.78, 5) is 21.6. The Morgan fingerprint density at radius 1 is 1.09 bits per heavy atom. The van der Waals surface area contributed by atoms with Crippen molar-refractivity contribution in [2.45, 2.75) is 33.2 Å². The maximum absolute atomic E-state index is 12.1. The first-order valence-electron chi connectivity index (χ1n) is 10.4. The first-order valence-corrected chi connectivity index (χ1v) is 10.4. The SMILES string of the molecule is Cc1ccc2nc(-c3cccc(OCC(=O)NC(C)(C)C)c3)nc(Nc3ccn[nH]3)c2c1. The van der Waals surface area contributed by atoms with Crippen molar-refractivity contribution in [1.29, 1.82) is 0 Å². The number of fused-ring (bicyclic) bond motifs is 1. The summed E-state index contributed by atoms with van der Waals surface area (Å²) < 4.78 is 5.70. The Morgan fingerprint density at radius 2 is 1.94 bits per heavy atom. The van der Waals surface area contributed by atoms with Crippen molar-refractivity contribution in [3.8, 4) is 17.1 Å². The van der Waals surface area contributed by atoms with Crippen LogP contribution < -0.4 is 15.4 Å². The van der Waals surface area contributed by atoms with Crippen molar-refractivity contribution in [1.82, 2.24) is 25.5 Å². The molecule has 164 valence electrons. The standard InChI is InChI=1S/C24H26N6O2/c1-15-8-9-19-18(12-15)23(27-20-10-11-25-30-20)28-22(26-19)16-6-5-7-17(13-16)32-14-21(31)29-24(2,3)4/h5-13H,14H2,1-4H3,(H,29,31)(H2,25,26,27,28,30). The van der Waals surface area contributed by atoms with Crippen molar-refractivity contribution in [3.63, 3.8) is 0 Å². The van der Waals surface area contributed by atoms with Crippen LogP contribution in [0.1, 0.15) is 26.3 Å². The van der Waals surface area contributed by atoms with Gasteiger partial charge in [-0.25, -0.2) is 9.97 Å². The molecule has 4 aromatic rings. The third kappa shape index (κ3) is 5.21. The third-order valence-electron chi connectivity index (χ3n) is 4.58. The number of ether oxygens (including phenoxy) is 1. The van der Waals surface area contributed by atoms with Crippen molar-refractivity contribution < 1.29 is 9.53 Å². The first kappa shape index (κ1) is 21.3. The molecule has 0 bridgehead atoms. The van der Waals surface area contributed by atoms with Crippen LogP contribution >= 0.6 is 0 Å². The molecule has 0 aliphatic rings. The number of amides is 1. The van der Waals surface area contributed by atoms with Crippen LogP contribution in [0.2, 0.25) is 0 Å². The number of aromatic nitrogens is 4. The Bertz CT molecular complexity index is 1250. The number of anilines is 2. The number of carbonyl (C=O) groups excluding carboxylic acids is 1. The van der Waals surface area contributed by atoms with Gasteiger partial charge in [0.1, 0.15) is 17.4 Å². The average molecular weight is 431 g/mol. The molecule has 0 saturated carbocycles. The van der Waals surface area contributed by atoms with Crippen molar-refractivity contribution >= 4 is 28.4 Å². The second kappa shape index (κ2) is 8.66. The maximum Gasteiger partial charge on any atom is 0.258 e. The molecule has 0 saturated heterocycles. The molecule has 4 rings (SSSR count). The molecule has 3 N–H and O–H groups in total. The monoisotopic (exact) mass is 430 g/mol. The Labute approximate surface area is 186 Å². The predicted molar refractivity (Wildman–Crippen MR) is 125 cm³/mol. The van der Waals surface area contributed by atoms with E-state index in [1.54, 1.807) is 6.20 Å². The predicted octanol–water partition coefficient (Wildman–Crippen LogP) is 4.37. The van der Waals surface area contributed by atoms with E-state index in [9.17, 15) is 4.79 Å². The van der Waals surface area contributed by atoms with E-state index < -0.39 is 0 Å². The highest BCUT2D eigenvalue weighted by atomic mass is 16.5. The molecule has 32 heavy (non-hydrogen) atoms. The zero-order chi connectivity index (χ0) is 22.7. The normalized spacial score (nSPS) is 11.4. The van der Waals surface area contributed by atoms with Crippen LogP contribution in [-0.2, 0) is 4.79 Å². The number of nitrogens with zero attached hydrogens (tertiary/aromatic N) is 3. The summed E-state index contributed by atoms with van der Waals surface area (Å²) in [6.07, 6.45) is 1.68. The molecule has 2 heterocycles. The molecule has 8 nitrogen and oxygen atoms in total. The highest BCUT2D eigenvalue weighted by molar-refractivity contribution is 5.92. The molecular formula is C24H26N6O2. The zero-order valence-corrected chi connectivity index (χ0v) is 18.6. The van der Waals surface area contributed by atoms with E-state index in [2.05, 4.69) is 20.8 Å². The number of aryl methyl sites for hydroxylation is 1.